The molecule has 0 radical (unpaired) electrons. The summed E-state index contributed by atoms with van der Waals surface area (Å²) >= 11 is 1.94. The fourth-order valence-corrected chi connectivity index (χ4v) is 3.10. The lowest BCUT2D eigenvalue weighted by atomic mass is 10.1. The van der Waals surface area contributed by atoms with E-state index >= 15 is 0 Å². The Labute approximate surface area is 127 Å². The molecule has 1 aliphatic heterocycles. The molecule has 3 N–H and O–H groups in total. The topological polar surface area (TPSA) is 102 Å². The van der Waals surface area contributed by atoms with Crippen LogP contribution in [0.2, 0.25) is 0 Å². The first-order chi connectivity index (χ1) is 10.1. The van der Waals surface area contributed by atoms with Gasteiger partial charge in [0.25, 0.3) is 11.6 Å². The van der Waals surface area contributed by atoms with E-state index < -0.39 is 4.92 Å². The van der Waals surface area contributed by atoms with Crippen LogP contribution in [-0.4, -0.2) is 53.4 Å². The number of nitro groups is 1. The van der Waals surface area contributed by atoms with E-state index in [0.717, 1.165) is 31.1 Å². The van der Waals surface area contributed by atoms with Gasteiger partial charge in [-0.2, -0.15) is 11.8 Å². The Morgan fingerprint density at radius 1 is 1.43 bits per heavy atom. The van der Waals surface area contributed by atoms with Crippen LogP contribution in [0.25, 0.3) is 0 Å². The number of nitro benzene ring substituents is 1. The van der Waals surface area contributed by atoms with Crippen molar-refractivity contribution in [2.24, 2.45) is 0 Å². The van der Waals surface area contributed by atoms with Crippen LogP contribution in [0.1, 0.15) is 10.4 Å². The van der Waals surface area contributed by atoms with Crippen LogP contribution >= 0.6 is 11.8 Å². The maximum Gasteiger partial charge on any atom is 0.292 e. The van der Waals surface area contributed by atoms with Crippen molar-refractivity contribution in [3.63, 3.8) is 0 Å². The number of hydrogen-bond acceptors (Lipinski definition) is 6. The molecule has 1 aromatic carbocycles. The molecule has 21 heavy (non-hydrogen) atoms. The second-order valence-electron chi connectivity index (χ2n) is 4.74. The summed E-state index contributed by atoms with van der Waals surface area (Å²) in [5.41, 5.74) is 5.73. The average Bonchev–Trinajstić information content (AvgIpc) is 2.47. The van der Waals surface area contributed by atoms with Crippen molar-refractivity contribution in [2.45, 2.75) is 0 Å². The molecule has 1 saturated heterocycles. The van der Waals surface area contributed by atoms with E-state index in [-0.39, 0.29) is 17.3 Å². The minimum atomic E-state index is -0.564. The average molecular weight is 310 g/mol. The van der Waals surface area contributed by atoms with Crippen LogP contribution in [0.15, 0.2) is 18.2 Å². The van der Waals surface area contributed by atoms with E-state index in [1.165, 1.54) is 18.2 Å². The fourth-order valence-electron chi connectivity index (χ4n) is 2.12. The number of carbonyl (C=O) groups excluding carboxylic acids is 1. The molecule has 114 valence electrons. The quantitative estimate of drug-likeness (QED) is 0.477. The number of carbonyl (C=O) groups is 1. The van der Waals surface area contributed by atoms with Crippen molar-refractivity contribution in [3.05, 3.63) is 33.9 Å². The van der Waals surface area contributed by atoms with Crippen LogP contribution in [0.3, 0.4) is 0 Å². The van der Waals surface area contributed by atoms with Gasteiger partial charge < -0.3 is 11.1 Å². The Bertz CT molecular complexity index is 532. The summed E-state index contributed by atoms with van der Waals surface area (Å²) in [7, 11) is 0. The molecular weight excluding hydrogens is 292 g/mol. The summed E-state index contributed by atoms with van der Waals surface area (Å²) < 4.78 is 0. The highest BCUT2D eigenvalue weighted by Crippen LogP contribution is 2.21. The molecule has 8 heteroatoms. The van der Waals surface area contributed by atoms with Gasteiger partial charge in [0, 0.05) is 49.3 Å². The number of nitrogen functional groups attached to an aromatic ring is 1. The van der Waals surface area contributed by atoms with Crippen molar-refractivity contribution in [1.82, 2.24) is 10.2 Å². The van der Waals surface area contributed by atoms with E-state index in [2.05, 4.69) is 10.2 Å². The maximum atomic E-state index is 12.0. The number of benzene rings is 1. The molecule has 0 saturated carbocycles. The van der Waals surface area contributed by atoms with E-state index in [9.17, 15) is 14.9 Å². The molecular formula is C13H18N4O3S. The Hall–Kier alpha value is -1.80. The molecule has 1 fully saturated rings. The predicted octanol–water partition coefficient (Wildman–Crippen LogP) is 0.956. The predicted molar refractivity (Wildman–Crippen MR) is 83.6 cm³/mol. The van der Waals surface area contributed by atoms with Gasteiger partial charge in [-0.1, -0.05) is 0 Å². The standard InChI is InChI=1S/C13H18N4O3S/c14-11-9-10(1-2-12(11)17(19)20)13(18)15-3-4-16-5-7-21-8-6-16/h1-2,9H,3-8,14H2,(H,15,18). The monoisotopic (exact) mass is 310 g/mol. The number of thioether (sulfide) groups is 1. The van der Waals surface area contributed by atoms with Crippen molar-refractivity contribution >= 4 is 29.0 Å². The SMILES string of the molecule is Nc1cc(C(=O)NCCN2CCSCC2)ccc1[N+](=O)[O-]. The number of rotatable bonds is 5. The first-order valence-corrected chi connectivity index (χ1v) is 7.85. The van der Waals surface area contributed by atoms with Gasteiger partial charge in [-0.05, 0) is 12.1 Å². The molecule has 0 aromatic heterocycles. The van der Waals surface area contributed by atoms with Crippen molar-refractivity contribution in [2.75, 3.05) is 43.4 Å². The van der Waals surface area contributed by atoms with Crippen LogP contribution in [0.5, 0.6) is 0 Å². The van der Waals surface area contributed by atoms with E-state index in [4.69, 9.17) is 5.73 Å². The first kappa shape index (κ1) is 15.6. The summed E-state index contributed by atoms with van der Waals surface area (Å²) in [6.45, 7) is 3.46. The summed E-state index contributed by atoms with van der Waals surface area (Å²) in [5.74, 6) is 2.00. The second-order valence-corrected chi connectivity index (χ2v) is 5.97. The number of nitrogens with two attached hydrogens (primary N) is 1. The highest BCUT2D eigenvalue weighted by atomic mass is 32.2. The van der Waals surface area contributed by atoms with Gasteiger partial charge in [0.1, 0.15) is 5.69 Å². The van der Waals surface area contributed by atoms with Crippen LogP contribution in [0.4, 0.5) is 11.4 Å². The normalized spacial score (nSPS) is 15.6. The van der Waals surface area contributed by atoms with Crippen LogP contribution < -0.4 is 11.1 Å². The lowest BCUT2D eigenvalue weighted by molar-refractivity contribution is -0.383. The highest BCUT2D eigenvalue weighted by molar-refractivity contribution is 7.99. The first-order valence-electron chi connectivity index (χ1n) is 6.70. The van der Waals surface area contributed by atoms with Gasteiger partial charge in [0.05, 0.1) is 4.92 Å². The van der Waals surface area contributed by atoms with Crippen molar-refractivity contribution < 1.29 is 9.72 Å². The number of amides is 1. The fraction of sp³-hybridized carbons (Fsp3) is 0.462. The lowest BCUT2D eigenvalue weighted by Gasteiger charge is -2.25. The Balaban J connectivity index is 1.85. The molecule has 1 aliphatic rings. The third kappa shape index (κ3) is 4.33. The highest BCUT2D eigenvalue weighted by Gasteiger charge is 2.15. The van der Waals surface area contributed by atoms with Gasteiger partial charge in [-0.25, -0.2) is 0 Å². The summed E-state index contributed by atoms with van der Waals surface area (Å²) in [6, 6.07) is 4.01. The van der Waals surface area contributed by atoms with Gasteiger partial charge in [0.2, 0.25) is 0 Å². The number of anilines is 1. The van der Waals surface area contributed by atoms with E-state index in [1.54, 1.807) is 0 Å². The molecule has 0 bridgehead atoms. The van der Waals surface area contributed by atoms with Crippen molar-refractivity contribution in [1.29, 1.82) is 0 Å². The largest absolute Gasteiger partial charge is 0.393 e. The smallest absolute Gasteiger partial charge is 0.292 e. The summed E-state index contributed by atoms with van der Waals surface area (Å²) in [6.07, 6.45) is 0. The van der Waals surface area contributed by atoms with Crippen LogP contribution in [0, 0.1) is 10.1 Å². The second kappa shape index (κ2) is 7.28. The number of nitrogens with zero attached hydrogens (tertiary/aromatic N) is 2. The van der Waals surface area contributed by atoms with Gasteiger partial charge >= 0.3 is 0 Å². The Kier molecular flexibility index (Phi) is 5.40. The molecule has 7 nitrogen and oxygen atoms in total. The summed E-state index contributed by atoms with van der Waals surface area (Å²) in [4.78, 5) is 24.4. The Morgan fingerprint density at radius 2 is 2.14 bits per heavy atom. The molecule has 0 unspecified atom stereocenters. The number of hydrogen-bond donors (Lipinski definition) is 2. The molecule has 0 spiro atoms. The molecule has 1 heterocycles. The summed E-state index contributed by atoms with van der Waals surface area (Å²) in [5, 5.41) is 13.5. The zero-order valence-electron chi connectivity index (χ0n) is 11.6. The minimum absolute atomic E-state index is 0.000653. The molecule has 2 rings (SSSR count). The van der Waals surface area contributed by atoms with Gasteiger partial charge in [-0.15, -0.1) is 0 Å². The van der Waals surface area contributed by atoms with Crippen molar-refractivity contribution in [3.8, 4) is 0 Å². The number of nitrogens with one attached hydrogen (secondary N) is 1. The lowest BCUT2D eigenvalue weighted by Crippen LogP contribution is -2.39. The van der Waals surface area contributed by atoms with E-state index in [1.807, 2.05) is 11.8 Å². The maximum absolute atomic E-state index is 12.0. The molecule has 0 atom stereocenters. The third-order valence-electron chi connectivity index (χ3n) is 3.30. The van der Waals surface area contributed by atoms with Crippen LogP contribution in [-0.2, 0) is 0 Å². The zero-order valence-corrected chi connectivity index (χ0v) is 12.4. The van der Waals surface area contributed by atoms with Gasteiger partial charge in [0.15, 0.2) is 0 Å². The molecule has 1 amide bonds. The molecule has 1 aromatic rings. The van der Waals surface area contributed by atoms with Gasteiger partial charge in [-0.3, -0.25) is 19.8 Å². The third-order valence-corrected chi connectivity index (χ3v) is 4.25. The van der Waals surface area contributed by atoms with E-state index in [0.29, 0.717) is 12.1 Å². The zero-order chi connectivity index (χ0) is 15.2. The molecule has 0 aliphatic carbocycles. The Morgan fingerprint density at radius 3 is 2.76 bits per heavy atom. The minimum Gasteiger partial charge on any atom is -0.393 e.